The van der Waals surface area contributed by atoms with E-state index >= 15 is 0 Å². The summed E-state index contributed by atoms with van der Waals surface area (Å²) in [6, 6.07) is 2.68. The second-order valence-electron chi connectivity index (χ2n) is 6.05. The molecule has 1 fully saturated rings. The molecule has 0 saturated heterocycles. The van der Waals surface area contributed by atoms with Gasteiger partial charge in [-0.15, -0.1) is 11.3 Å². The largest absolute Gasteiger partial charge is 0.353 e. The minimum absolute atomic E-state index is 0.244. The first kappa shape index (κ1) is 14.1. The van der Waals surface area contributed by atoms with Gasteiger partial charge in [0.1, 0.15) is 0 Å². The lowest BCUT2D eigenvalue weighted by Gasteiger charge is -2.27. The van der Waals surface area contributed by atoms with Gasteiger partial charge in [0.15, 0.2) is 0 Å². The van der Waals surface area contributed by atoms with Crippen molar-refractivity contribution in [2.75, 3.05) is 13.1 Å². The Morgan fingerprint density at radius 1 is 1.35 bits per heavy atom. The van der Waals surface area contributed by atoms with Gasteiger partial charge in [-0.1, -0.05) is 19.3 Å². The highest BCUT2D eigenvalue weighted by atomic mass is 32.1. The molecule has 20 heavy (non-hydrogen) atoms. The Morgan fingerprint density at radius 3 is 3.05 bits per heavy atom. The summed E-state index contributed by atoms with van der Waals surface area (Å²) in [7, 11) is 0. The molecule has 3 rings (SSSR count). The summed E-state index contributed by atoms with van der Waals surface area (Å²) in [4.78, 5) is 16.0. The van der Waals surface area contributed by atoms with E-state index in [0.717, 1.165) is 26.1 Å². The van der Waals surface area contributed by atoms with Crippen molar-refractivity contribution in [3.8, 4) is 0 Å². The van der Waals surface area contributed by atoms with Crippen LogP contribution in [0.15, 0.2) is 11.4 Å². The molecule has 2 heterocycles. The van der Waals surface area contributed by atoms with Crippen LogP contribution in [-0.2, 0) is 17.8 Å². The molecule has 0 radical (unpaired) electrons. The fourth-order valence-electron chi connectivity index (χ4n) is 3.30. The third-order valence-electron chi connectivity index (χ3n) is 4.51. The molecular weight excluding hydrogens is 268 g/mol. The van der Waals surface area contributed by atoms with Crippen LogP contribution in [0.1, 0.15) is 49.0 Å². The fourth-order valence-corrected chi connectivity index (χ4v) is 4.19. The molecule has 3 nitrogen and oxygen atoms in total. The molecule has 2 aliphatic rings. The third-order valence-corrected chi connectivity index (χ3v) is 5.54. The van der Waals surface area contributed by atoms with E-state index in [4.69, 9.17) is 0 Å². The molecule has 1 aliphatic carbocycles. The Hall–Kier alpha value is -0.870. The number of fused-ring (bicyclic) bond motifs is 1. The molecule has 0 unspecified atom stereocenters. The maximum absolute atomic E-state index is 12.0. The van der Waals surface area contributed by atoms with Crippen molar-refractivity contribution in [3.63, 3.8) is 0 Å². The summed E-state index contributed by atoms with van der Waals surface area (Å²) in [5.41, 5.74) is 1.47. The Labute approximate surface area is 125 Å². The number of nitrogens with zero attached hydrogens (tertiary/aromatic N) is 1. The predicted octanol–water partition coefficient (Wildman–Crippen LogP) is 2.95. The third kappa shape index (κ3) is 3.61. The molecule has 1 amide bonds. The van der Waals surface area contributed by atoms with Gasteiger partial charge >= 0.3 is 0 Å². The topological polar surface area (TPSA) is 32.3 Å². The zero-order chi connectivity index (χ0) is 13.8. The number of amides is 1. The van der Waals surface area contributed by atoms with Crippen molar-refractivity contribution in [1.82, 2.24) is 10.2 Å². The fraction of sp³-hybridized carbons (Fsp3) is 0.688. The summed E-state index contributed by atoms with van der Waals surface area (Å²) >= 11 is 1.87. The van der Waals surface area contributed by atoms with Crippen molar-refractivity contribution in [1.29, 1.82) is 0 Å². The van der Waals surface area contributed by atoms with Crippen LogP contribution in [0.2, 0.25) is 0 Å². The highest BCUT2D eigenvalue weighted by molar-refractivity contribution is 7.10. The normalized spacial score (nSPS) is 20.6. The molecule has 1 aromatic heterocycles. The van der Waals surface area contributed by atoms with Gasteiger partial charge in [-0.05, 0) is 36.3 Å². The van der Waals surface area contributed by atoms with Gasteiger partial charge in [0.2, 0.25) is 5.91 Å². The van der Waals surface area contributed by atoms with Crippen LogP contribution < -0.4 is 5.32 Å². The molecule has 0 spiro atoms. The number of carbonyl (C=O) groups is 1. The van der Waals surface area contributed by atoms with Gasteiger partial charge in [0, 0.05) is 37.0 Å². The van der Waals surface area contributed by atoms with E-state index in [0.29, 0.717) is 12.5 Å². The molecule has 110 valence electrons. The molecular formula is C16H24N2OS. The first-order valence-electron chi connectivity index (χ1n) is 7.88. The Balaban J connectivity index is 1.40. The molecule has 1 aromatic rings. The van der Waals surface area contributed by atoms with Crippen LogP contribution in [0.5, 0.6) is 0 Å². The Bertz CT molecular complexity index is 451. The van der Waals surface area contributed by atoms with Crippen molar-refractivity contribution >= 4 is 17.2 Å². The van der Waals surface area contributed by atoms with Crippen LogP contribution in [0.4, 0.5) is 0 Å². The number of rotatable bonds is 4. The molecule has 1 N–H and O–H groups in total. The average Bonchev–Trinajstić information content (AvgIpc) is 2.93. The van der Waals surface area contributed by atoms with Crippen LogP contribution in [-0.4, -0.2) is 29.9 Å². The molecule has 0 bridgehead atoms. The molecule has 0 aromatic carbocycles. The van der Waals surface area contributed by atoms with Crippen LogP contribution in [0.3, 0.4) is 0 Å². The summed E-state index contributed by atoms with van der Waals surface area (Å²) in [6.45, 7) is 3.02. The summed E-state index contributed by atoms with van der Waals surface area (Å²) in [5, 5.41) is 5.39. The maximum atomic E-state index is 12.0. The summed E-state index contributed by atoms with van der Waals surface area (Å²) in [5.74, 6) is 0.244. The first-order chi connectivity index (χ1) is 9.81. The van der Waals surface area contributed by atoms with Crippen molar-refractivity contribution < 1.29 is 4.79 Å². The smallest absolute Gasteiger partial charge is 0.221 e. The second kappa shape index (κ2) is 6.72. The maximum Gasteiger partial charge on any atom is 0.221 e. The van der Waals surface area contributed by atoms with Gasteiger partial charge in [-0.2, -0.15) is 0 Å². The predicted molar refractivity (Wildman–Crippen MR) is 82.9 cm³/mol. The quantitative estimate of drug-likeness (QED) is 0.925. The number of thiophene rings is 1. The van der Waals surface area contributed by atoms with Crippen LogP contribution in [0.25, 0.3) is 0 Å². The number of nitrogens with one attached hydrogen (secondary N) is 1. The molecule has 1 aliphatic heterocycles. The minimum Gasteiger partial charge on any atom is -0.353 e. The van der Waals surface area contributed by atoms with E-state index in [2.05, 4.69) is 21.7 Å². The lowest BCUT2D eigenvalue weighted by Crippen LogP contribution is -2.39. The minimum atomic E-state index is 0.244. The molecule has 1 saturated carbocycles. The second-order valence-corrected chi connectivity index (χ2v) is 7.05. The summed E-state index contributed by atoms with van der Waals surface area (Å²) in [6.07, 6.45) is 8.04. The van der Waals surface area contributed by atoms with Gasteiger partial charge in [-0.3, -0.25) is 9.69 Å². The van der Waals surface area contributed by atoms with Crippen molar-refractivity contribution in [2.24, 2.45) is 0 Å². The summed E-state index contributed by atoms with van der Waals surface area (Å²) < 4.78 is 0. The van der Waals surface area contributed by atoms with E-state index in [1.807, 2.05) is 11.3 Å². The lowest BCUT2D eigenvalue weighted by atomic mass is 9.95. The van der Waals surface area contributed by atoms with Gasteiger partial charge in [0.25, 0.3) is 0 Å². The van der Waals surface area contributed by atoms with Gasteiger partial charge in [-0.25, -0.2) is 0 Å². The van der Waals surface area contributed by atoms with E-state index < -0.39 is 0 Å². The highest BCUT2D eigenvalue weighted by Crippen LogP contribution is 2.24. The Morgan fingerprint density at radius 2 is 2.20 bits per heavy atom. The van der Waals surface area contributed by atoms with Crippen LogP contribution in [0, 0.1) is 0 Å². The van der Waals surface area contributed by atoms with Gasteiger partial charge in [0.05, 0.1) is 0 Å². The Kier molecular flexibility index (Phi) is 4.73. The zero-order valence-electron chi connectivity index (χ0n) is 12.1. The molecule has 0 atom stereocenters. The van der Waals surface area contributed by atoms with E-state index in [1.54, 1.807) is 0 Å². The van der Waals surface area contributed by atoms with Crippen LogP contribution >= 0.6 is 11.3 Å². The van der Waals surface area contributed by atoms with Gasteiger partial charge < -0.3 is 5.32 Å². The number of hydrogen-bond donors (Lipinski definition) is 1. The molecule has 4 heteroatoms. The van der Waals surface area contributed by atoms with E-state index in [1.165, 1.54) is 42.5 Å². The first-order valence-corrected chi connectivity index (χ1v) is 8.76. The zero-order valence-corrected chi connectivity index (χ0v) is 12.9. The standard InChI is InChI=1S/C16H24N2OS/c19-16(17-14-4-2-1-3-5-14)7-10-18-9-6-15-13(12-18)8-11-20-15/h8,11,14H,1-7,9-10,12H2,(H,17,19). The number of hydrogen-bond acceptors (Lipinski definition) is 3. The average molecular weight is 292 g/mol. The van der Waals surface area contributed by atoms with Crippen molar-refractivity contribution in [2.45, 2.75) is 57.5 Å². The SMILES string of the molecule is O=C(CCN1CCc2sccc2C1)NC1CCCCC1. The number of carbonyl (C=O) groups excluding carboxylic acids is 1. The van der Waals surface area contributed by atoms with E-state index in [9.17, 15) is 4.79 Å². The van der Waals surface area contributed by atoms with E-state index in [-0.39, 0.29) is 5.91 Å². The monoisotopic (exact) mass is 292 g/mol. The highest BCUT2D eigenvalue weighted by Gasteiger charge is 2.19. The van der Waals surface area contributed by atoms with Crippen molar-refractivity contribution in [3.05, 3.63) is 21.9 Å². The lowest BCUT2D eigenvalue weighted by molar-refractivity contribution is -0.122.